The average Bonchev–Trinajstić information content (AvgIpc) is 2.93. The van der Waals surface area contributed by atoms with Crippen LogP contribution in [-0.4, -0.2) is 26.2 Å². The van der Waals surface area contributed by atoms with Gasteiger partial charge in [0.2, 0.25) is 0 Å². The molecule has 1 unspecified atom stereocenters. The van der Waals surface area contributed by atoms with E-state index in [0.717, 1.165) is 19.3 Å². The molecular formula is C11H21NO2. The van der Waals surface area contributed by atoms with Crippen LogP contribution in [0.3, 0.4) is 0 Å². The molecule has 0 amide bonds. The van der Waals surface area contributed by atoms with Crippen molar-refractivity contribution in [3.63, 3.8) is 0 Å². The van der Waals surface area contributed by atoms with Gasteiger partial charge in [0.25, 0.3) is 0 Å². The first kappa shape index (κ1) is 11.5. The third-order valence-electron chi connectivity index (χ3n) is 3.10. The molecule has 0 saturated heterocycles. The second-order valence-corrected chi connectivity index (χ2v) is 4.62. The summed E-state index contributed by atoms with van der Waals surface area (Å²) in [6.07, 6.45) is 2.97. The number of ether oxygens (including phenoxy) is 1. The molecule has 0 aromatic rings. The molecule has 82 valence electrons. The molecule has 3 heteroatoms. The number of rotatable bonds is 5. The summed E-state index contributed by atoms with van der Waals surface area (Å²) in [4.78, 5) is 11.6. The largest absolute Gasteiger partial charge is 0.469 e. The number of carbonyl (C=O) groups is 1. The van der Waals surface area contributed by atoms with E-state index in [2.05, 4.69) is 19.2 Å². The Kier molecular flexibility index (Phi) is 3.53. The molecule has 1 atom stereocenters. The standard InChI is InChI=1S/C11H21NO2/c1-8(2)7-9(12-3)11(5-6-11)10(13)14-4/h8-9,12H,5-7H2,1-4H3. The van der Waals surface area contributed by atoms with Gasteiger partial charge in [0, 0.05) is 6.04 Å². The summed E-state index contributed by atoms with van der Waals surface area (Å²) < 4.78 is 4.86. The summed E-state index contributed by atoms with van der Waals surface area (Å²) in [6.45, 7) is 4.36. The van der Waals surface area contributed by atoms with Crippen LogP contribution in [0.15, 0.2) is 0 Å². The molecule has 0 aromatic heterocycles. The maximum absolute atomic E-state index is 11.6. The summed E-state index contributed by atoms with van der Waals surface area (Å²) in [6, 6.07) is 0.273. The lowest BCUT2D eigenvalue weighted by Crippen LogP contribution is -2.41. The van der Waals surface area contributed by atoms with Gasteiger partial charge in [0.15, 0.2) is 0 Å². The monoisotopic (exact) mass is 199 g/mol. The van der Waals surface area contributed by atoms with Gasteiger partial charge in [-0.05, 0) is 32.2 Å². The predicted octanol–water partition coefficient (Wildman–Crippen LogP) is 1.57. The van der Waals surface area contributed by atoms with Crippen LogP contribution in [0.2, 0.25) is 0 Å². The van der Waals surface area contributed by atoms with E-state index >= 15 is 0 Å². The van der Waals surface area contributed by atoms with Crippen LogP contribution in [0.5, 0.6) is 0 Å². The Bertz CT molecular complexity index is 209. The summed E-state index contributed by atoms with van der Waals surface area (Å²) >= 11 is 0. The molecule has 1 saturated carbocycles. The molecule has 0 heterocycles. The Morgan fingerprint density at radius 3 is 2.36 bits per heavy atom. The second-order valence-electron chi connectivity index (χ2n) is 4.62. The van der Waals surface area contributed by atoms with E-state index in [-0.39, 0.29) is 17.4 Å². The van der Waals surface area contributed by atoms with E-state index in [1.54, 1.807) is 0 Å². The Labute approximate surface area is 86.2 Å². The summed E-state index contributed by atoms with van der Waals surface area (Å²) in [5.74, 6) is 0.562. The lowest BCUT2D eigenvalue weighted by Gasteiger charge is -2.25. The fourth-order valence-corrected chi connectivity index (χ4v) is 2.12. The van der Waals surface area contributed by atoms with Crippen molar-refractivity contribution in [2.24, 2.45) is 11.3 Å². The van der Waals surface area contributed by atoms with E-state index in [1.807, 2.05) is 7.05 Å². The van der Waals surface area contributed by atoms with Gasteiger partial charge in [-0.3, -0.25) is 4.79 Å². The molecule has 1 aliphatic carbocycles. The lowest BCUT2D eigenvalue weighted by atomic mass is 9.89. The van der Waals surface area contributed by atoms with Crippen molar-refractivity contribution in [2.45, 2.75) is 39.2 Å². The highest BCUT2D eigenvalue weighted by atomic mass is 16.5. The zero-order valence-electron chi connectivity index (χ0n) is 9.59. The van der Waals surface area contributed by atoms with E-state index in [9.17, 15) is 4.79 Å². The zero-order valence-corrected chi connectivity index (χ0v) is 9.59. The van der Waals surface area contributed by atoms with Crippen molar-refractivity contribution in [1.29, 1.82) is 0 Å². The maximum atomic E-state index is 11.6. The van der Waals surface area contributed by atoms with E-state index in [1.165, 1.54) is 7.11 Å². The van der Waals surface area contributed by atoms with Crippen molar-refractivity contribution in [1.82, 2.24) is 5.32 Å². The van der Waals surface area contributed by atoms with Crippen LogP contribution < -0.4 is 5.32 Å². The zero-order chi connectivity index (χ0) is 10.8. The highest BCUT2D eigenvalue weighted by molar-refractivity contribution is 5.80. The molecule has 0 radical (unpaired) electrons. The lowest BCUT2D eigenvalue weighted by molar-refractivity contribution is -0.148. The van der Waals surface area contributed by atoms with Gasteiger partial charge in [0.05, 0.1) is 12.5 Å². The van der Waals surface area contributed by atoms with Gasteiger partial charge in [-0.25, -0.2) is 0 Å². The third kappa shape index (κ3) is 2.08. The van der Waals surface area contributed by atoms with Crippen molar-refractivity contribution < 1.29 is 9.53 Å². The molecule has 1 N–H and O–H groups in total. The first-order valence-electron chi connectivity index (χ1n) is 5.32. The smallest absolute Gasteiger partial charge is 0.313 e. The Hall–Kier alpha value is -0.570. The minimum Gasteiger partial charge on any atom is -0.469 e. The minimum atomic E-state index is -0.215. The predicted molar refractivity (Wildman–Crippen MR) is 56.0 cm³/mol. The van der Waals surface area contributed by atoms with Crippen LogP contribution in [0.1, 0.15) is 33.1 Å². The van der Waals surface area contributed by atoms with Gasteiger partial charge < -0.3 is 10.1 Å². The van der Waals surface area contributed by atoms with E-state index < -0.39 is 0 Å². The molecule has 3 nitrogen and oxygen atoms in total. The molecule has 1 rings (SSSR count). The normalized spacial score (nSPS) is 20.6. The Morgan fingerprint density at radius 1 is 1.50 bits per heavy atom. The number of hydrogen-bond donors (Lipinski definition) is 1. The average molecular weight is 199 g/mol. The van der Waals surface area contributed by atoms with Crippen LogP contribution in [0.25, 0.3) is 0 Å². The second kappa shape index (κ2) is 4.30. The van der Waals surface area contributed by atoms with Crippen molar-refractivity contribution >= 4 is 5.97 Å². The summed E-state index contributed by atoms with van der Waals surface area (Å²) in [5, 5.41) is 3.25. The Balaban J connectivity index is 2.64. The van der Waals surface area contributed by atoms with Crippen LogP contribution >= 0.6 is 0 Å². The van der Waals surface area contributed by atoms with Crippen molar-refractivity contribution in [3.8, 4) is 0 Å². The van der Waals surface area contributed by atoms with Crippen LogP contribution in [0, 0.1) is 11.3 Å². The van der Waals surface area contributed by atoms with Crippen molar-refractivity contribution in [2.75, 3.05) is 14.2 Å². The SMILES string of the molecule is CNC(CC(C)C)C1(C(=O)OC)CC1. The fraction of sp³-hybridized carbons (Fsp3) is 0.909. The number of esters is 1. The molecule has 0 spiro atoms. The van der Waals surface area contributed by atoms with E-state index in [0.29, 0.717) is 5.92 Å². The van der Waals surface area contributed by atoms with Gasteiger partial charge in [-0.15, -0.1) is 0 Å². The fourth-order valence-electron chi connectivity index (χ4n) is 2.12. The molecule has 0 aliphatic heterocycles. The number of hydrogen-bond acceptors (Lipinski definition) is 3. The number of methoxy groups -OCH3 is 1. The van der Waals surface area contributed by atoms with Gasteiger partial charge in [0.1, 0.15) is 0 Å². The minimum absolute atomic E-state index is 0.0440. The van der Waals surface area contributed by atoms with Gasteiger partial charge >= 0.3 is 5.97 Å². The van der Waals surface area contributed by atoms with Crippen LogP contribution in [0.4, 0.5) is 0 Å². The highest BCUT2D eigenvalue weighted by Crippen LogP contribution is 2.51. The summed E-state index contributed by atoms with van der Waals surface area (Å²) in [5.41, 5.74) is -0.215. The molecule has 0 aromatic carbocycles. The summed E-state index contributed by atoms with van der Waals surface area (Å²) in [7, 11) is 3.40. The number of nitrogens with one attached hydrogen (secondary N) is 1. The maximum Gasteiger partial charge on any atom is 0.313 e. The van der Waals surface area contributed by atoms with Gasteiger partial charge in [-0.2, -0.15) is 0 Å². The van der Waals surface area contributed by atoms with Crippen LogP contribution in [-0.2, 0) is 9.53 Å². The van der Waals surface area contributed by atoms with Gasteiger partial charge in [-0.1, -0.05) is 13.8 Å². The molecule has 1 fully saturated rings. The molecular weight excluding hydrogens is 178 g/mol. The first-order chi connectivity index (χ1) is 6.56. The molecule has 1 aliphatic rings. The topological polar surface area (TPSA) is 38.3 Å². The first-order valence-corrected chi connectivity index (χ1v) is 5.32. The molecule has 14 heavy (non-hydrogen) atoms. The van der Waals surface area contributed by atoms with Crippen molar-refractivity contribution in [3.05, 3.63) is 0 Å². The quantitative estimate of drug-likeness (QED) is 0.683. The number of carbonyl (C=O) groups excluding carboxylic acids is 1. The third-order valence-corrected chi connectivity index (χ3v) is 3.10. The van der Waals surface area contributed by atoms with E-state index in [4.69, 9.17) is 4.74 Å². The highest BCUT2D eigenvalue weighted by Gasteiger charge is 2.56. The molecule has 0 bridgehead atoms. The Morgan fingerprint density at radius 2 is 2.07 bits per heavy atom.